The number of aromatic nitrogens is 2. The van der Waals surface area contributed by atoms with Crippen LogP contribution in [-0.2, 0) is 0 Å². The number of aryl methyl sites for hydroxylation is 1. The zero-order valence-electron chi connectivity index (χ0n) is 11.2. The summed E-state index contributed by atoms with van der Waals surface area (Å²) in [6.07, 6.45) is 0. The Labute approximate surface area is 111 Å². The Kier molecular flexibility index (Phi) is 3.41. The molecule has 2 rings (SSSR count). The Bertz CT molecular complexity index is 586. The number of nitrogens with one attached hydrogen (secondary N) is 2. The molecule has 0 bridgehead atoms. The summed E-state index contributed by atoms with van der Waals surface area (Å²) in [6, 6.07) is 7.29. The molecule has 0 spiro atoms. The van der Waals surface area contributed by atoms with E-state index in [2.05, 4.69) is 15.5 Å². The number of hydrogen-bond acceptors (Lipinski definition) is 4. The molecule has 0 aliphatic heterocycles. The van der Waals surface area contributed by atoms with Crippen molar-refractivity contribution < 1.29 is 4.79 Å². The van der Waals surface area contributed by atoms with Gasteiger partial charge in [-0.2, -0.15) is 5.10 Å². The molecule has 1 amide bonds. The molecule has 0 atom stereocenters. The second-order valence-corrected chi connectivity index (χ2v) is 4.51. The number of amides is 1. The van der Waals surface area contributed by atoms with E-state index in [0.717, 1.165) is 11.4 Å². The van der Waals surface area contributed by atoms with E-state index in [4.69, 9.17) is 5.73 Å². The molecule has 2 aromatic rings. The smallest absolute Gasteiger partial charge is 0.256 e. The highest BCUT2D eigenvalue weighted by Gasteiger charge is 2.11. The maximum atomic E-state index is 12.0. The van der Waals surface area contributed by atoms with Crippen molar-refractivity contribution in [3.63, 3.8) is 0 Å². The Morgan fingerprint density at radius 3 is 2.42 bits per heavy atom. The first-order chi connectivity index (χ1) is 8.99. The molecule has 0 saturated carbocycles. The topological polar surface area (TPSA) is 87.0 Å². The van der Waals surface area contributed by atoms with Crippen LogP contribution in [0.15, 0.2) is 24.3 Å². The minimum absolute atomic E-state index is 0.233. The molecule has 1 aromatic heterocycles. The van der Waals surface area contributed by atoms with Gasteiger partial charge >= 0.3 is 0 Å². The first kappa shape index (κ1) is 12.9. The predicted molar refractivity (Wildman–Crippen MR) is 76.5 cm³/mol. The van der Waals surface area contributed by atoms with Crippen LogP contribution in [0.1, 0.15) is 16.1 Å². The van der Waals surface area contributed by atoms with Gasteiger partial charge in [-0.05, 0) is 31.2 Å². The van der Waals surface area contributed by atoms with Crippen LogP contribution in [0, 0.1) is 6.92 Å². The molecule has 6 heteroatoms. The van der Waals surface area contributed by atoms with Crippen LogP contribution in [0.2, 0.25) is 0 Å². The fourth-order valence-corrected chi connectivity index (χ4v) is 1.62. The highest BCUT2D eigenvalue weighted by molar-refractivity contribution is 6.05. The van der Waals surface area contributed by atoms with Crippen LogP contribution in [0.25, 0.3) is 0 Å². The number of anilines is 3. The van der Waals surface area contributed by atoms with E-state index in [1.165, 1.54) is 0 Å². The van der Waals surface area contributed by atoms with E-state index in [0.29, 0.717) is 17.1 Å². The van der Waals surface area contributed by atoms with Crippen LogP contribution < -0.4 is 16.0 Å². The third kappa shape index (κ3) is 2.67. The first-order valence-corrected chi connectivity index (χ1v) is 5.88. The van der Waals surface area contributed by atoms with Crippen molar-refractivity contribution in [1.29, 1.82) is 0 Å². The lowest BCUT2D eigenvalue weighted by molar-refractivity contribution is 0.102. The molecule has 1 heterocycles. The number of rotatable bonds is 3. The molecule has 4 N–H and O–H groups in total. The zero-order chi connectivity index (χ0) is 14.0. The lowest BCUT2D eigenvalue weighted by Crippen LogP contribution is -2.14. The number of benzene rings is 1. The molecule has 0 radical (unpaired) electrons. The first-order valence-electron chi connectivity index (χ1n) is 5.88. The number of nitrogens with two attached hydrogens (primary N) is 1. The highest BCUT2D eigenvalue weighted by atomic mass is 16.1. The van der Waals surface area contributed by atoms with Gasteiger partial charge in [0, 0.05) is 25.3 Å². The molecular formula is C13H17N5O. The Balaban J connectivity index is 2.14. The average Bonchev–Trinajstić information content (AvgIpc) is 2.71. The minimum atomic E-state index is -0.233. The van der Waals surface area contributed by atoms with E-state index < -0.39 is 0 Å². The highest BCUT2D eigenvalue weighted by Crippen LogP contribution is 2.19. The number of nitrogen functional groups attached to an aromatic ring is 1. The van der Waals surface area contributed by atoms with Crippen LogP contribution in [-0.4, -0.2) is 30.2 Å². The Hall–Kier alpha value is -2.50. The molecule has 1 aromatic carbocycles. The van der Waals surface area contributed by atoms with Crippen molar-refractivity contribution in [3.05, 3.63) is 35.5 Å². The summed E-state index contributed by atoms with van der Waals surface area (Å²) in [5, 5.41) is 9.33. The second kappa shape index (κ2) is 5.01. The van der Waals surface area contributed by atoms with Crippen LogP contribution in [0.3, 0.4) is 0 Å². The maximum absolute atomic E-state index is 12.0. The monoisotopic (exact) mass is 259 g/mol. The van der Waals surface area contributed by atoms with Gasteiger partial charge in [0.25, 0.3) is 5.91 Å². The minimum Gasteiger partial charge on any atom is -0.394 e. The molecule has 6 nitrogen and oxygen atoms in total. The van der Waals surface area contributed by atoms with Gasteiger partial charge in [0.1, 0.15) is 0 Å². The van der Waals surface area contributed by atoms with Gasteiger partial charge in [-0.25, -0.2) is 0 Å². The van der Waals surface area contributed by atoms with Crippen LogP contribution in [0.5, 0.6) is 0 Å². The zero-order valence-corrected chi connectivity index (χ0v) is 11.2. The van der Waals surface area contributed by atoms with Crippen molar-refractivity contribution in [3.8, 4) is 0 Å². The summed E-state index contributed by atoms with van der Waals surface area (Å²) < 4.78 is 0. The van der Waals surface area contributed by atoms with Gasteiger partial charge in [-0.3, -0.25) is 9.89 Å². The van der Waals surface area contributed by atoms with E-state index in [-0.39, 0.29) is 5.91 Å². The quantitative estimate of drug-likeness (QED) is 0.781. The third-order valence-electron chi connectivity index (χ3n) is 2.87. The average molecular weight is 259 g/mol. The summed E-state index contributed by atoms with van der Waals surface area (Å²) in [4.78, 5) is 14.0. The van der Waals surface area contributed by atoms with Crippen molar-refractivity contribution in [1.82, 2.24) is 10.2 Å². The summed E-state index contributed by atoms with van der Waals surface area (Å²) in [6.45, 7) is 1.80. The number of hydrogen-bond donors (Lipinski definition) is 3. The maximum Gasteiger partial charge on any atom is 0.256 e. The number of nitrogens with zero attached hydrogens (tertiary/aromatic N) is 2. The SMILES string of the molecule is Cc1[nH]nc(NC(=O)c2ccc(N(C)C)cc2)c1N. The summed E-state index contributed by atoms with van der Waals surface area (Å²) in [5.74, 6) is 0.127. The molecule has 100 valence electrons. The molecule has 19 heavy (non-hydrogen) atoms. The molecular weight excluding hydrogens is 242 g/mol. The molecule has 0 aliphatic carbocycles. The number of carbonyl (C=O) groups excluding carboxylic acids is 1. The fourth-order valence-electron chi connectivity index (χ4n) is 1.62. The van der Waals surface area contributed by atoms with Crippen LogP contribution in [0.4, 0.5) is 17.2 Å². The third-order valence-corrected chi connectivity index (χ3v) is 2.87. The normalized spacial score (nSPS) is 10.3. The lowest BCUT2D eigenvalue weighted by Gasteiger charge is -2.12. The van der Waals surface area contributed by atoms with Gasteiger partial charge < -0.3 is 16.0 Å². The molecule has 0 saturated heterocycles. The fraction of sp³-hybridized carbons (Fsp3) is 0.231. The van der Waals surface area contributed by atoms with Gasteiger partial charge in [0.15, 0.2) is 5.82 Å². The van der Waals surface area contributed by atoms with Gasteiger partial charge in [0.2, 0.25) is 0 Å². The van der Waals surface area contributed by atoms with Crippen molar-refractivity contribution in [2.24, 2.45) is 0 Å². The van der Waals surface area contributed by atoms with Crippen molar-refractivity contribution in [2.75, 3.05) is 30.0 Å². The summed E-state index contributed by atoms with van der Waals surface area (Å²) >= 11 is 0. The van der Waals surface area contributed by atoms with Crippen molar-refractivity contribution >= 4 is 23.1 Å². The largest absolute Gasteiger partial charge is 0.394 e. The van der Waals surface area contributed by atoms with E-state index in [1.54, 1.807) is 19.1 Å². The van der Waals surface area contributed by atoms with Crippen LogP contribution >= 0.6 is 0 Å². The van der Waals surface area contributed by atoms with Gasteiger partial charge in [-0.1, -0.05) is 0 Å². The van der Waals surface area contributed by atoms with E-state index >= 15 is 0 Å². The number of H-pyrrole nitrogens is 1. The predicted octanol–water partition coefficient (Wildman–Crippen LogP) is 1.62. The Morgan fingerprint density at radius 2 is 1.95 bits per heavy atom. The Morgan fingerprint density at radius 1 is 1.32 bits per heavy atom. The standard InChI is InChI=1S/C13H17N5O/c1-8-11(14)12(17-16-8)15-13(19)9-4-6-10(7-5-9)18(2)3/h4-7H,14H2,1-3H3,(H2,15,16,17,19). The van der Waals surface area contributed by atoms with Crippen molar-refractivity contribution in [2.45, 2.75) is 6.92 Å². The summed E-state index contributed by atoms with van der Waals surface area (Å²) in [5.41, 5.74) is 8.56. The van der Waals surface area contributed by atoms with E-state index in [9.17, 15) is 4.79 Å². The number of carbonyl (C=O) groups is 1. The lowest BCUT2D eigenvalue weighted by atomic mass is 10.2. The molecule has 0 aliphatic rings. The van der Waals surface area contributed by atoms with Gasteiger partial charge in [-0.15, -0.1) is 0 Å². The molecule has 0 fully saturated rings. The summed E-state index contributed by atoms with van der Waals surface area (Å²) in [7, 11) is 3.89. The van der Waals surface area contributed by atoms with Gasteiger partial charge in [0.05, 0.1) is 11.4 Å². The van der Waals surface area contributed by atoms with E-state index in [1.807, 2.05) is 31.1 Å². The molecule has 0 unspecified atom stereocenters. The number of aromatic amines is 1. The second-order valence-electron chi connectivity index (χ2n) is 4.51.